The van der Waals surface area contributed by atoms with Gasteiger partial charge in [0.25, 0.3) is 5.91 Å². The van der Waals surface area contributed by atoms with Crippen molar-refractivity contribution in [1.82, 2.24) is 15.1 Å². The molecule has 2 amide bonds. The zero-order chi connectivity index (χ0) is 26.0. The van der Waals surface area contributed by atoms with E-state index in [1.165, 1.54) is 12.0 Å². The van der Waals surface area contributed by atoms with Gasteiger partial charge in [0.2, 0.25) is 5.91 Å². The minimum absolute atomic E-state index is 0.0483. The molecule has 3 aliphatic rings. The SMILES string of the molecule is CCCN1CCC(c2ccc(C(=O)NC(C(=O)N3C[C@H](SC)[C@H]4OCC(=O)[C@H]43)C(C)(C)C)cc2)CC1. The molecule has 0 aliphatic carbocycles. The van der Waals surface area contributed by atoms with Gasteiger partial charge < -0.3 is 19.9 Å². The molecule has 4 atom stereocenters. The molecule has 0 saturated carbocycles. The summed E-state index contributed by atoms with van der Waals surface area (Å²) in [6.07, 6.45) is 5.18. The van der Waals surface area contributed by atoms with Crippen molar-refractivity contribution in [1.29, 1.82) is 0 Å². The third-order valence-electron chi connectivity index (χ3n) is 7.88. The largest absolute Gasteiger partial charge is 0.367 e. The van der Waals surface area contributed by atoms with E-state index in [1.807, 2.05) is 39.2 Å². The van der Waals surface area contributed by atoms with E-state index in [0.29, 0.717) is 18.0 Å². The Morgan fingerprint density at radius 1 is 1.17 bits per heavy atom. The van der Waals surface area contributed by atoms with Crippen LogP contribution in [0.15, 0.2) is 24.3 Å². The highest BCUT2D eigenvalue weighted by Gasteiger charge is 2.53. The summed E-state index contributed by atoms with van der Waals surface area (Å²) in [5, 5.41) is 3.06. The number of carbonyl (C=O) groups is 3. The molecule has 3 aliphatic heterocycles. The summed E-state index contributed by atoms with van der Waals surface area (Å²) in [5.41, 5.74) is 1.30. The molecule has 1 unspecified atom stereocenters. The lowest BCUT2D eigenvalue weighted by atomic mass is 9.85. The van der Waals surface area contributed by atoms with Gasteiger partial charge in [-0.15, -0.1) is 0 Å². The second-order valence-corrected chi connectivity index (χ2v) is 12.5. The molecule has 8 heteroatoms. The summed E-state index contributed by atoms with van der Waals surface area (Å²) in [6.45, 7) is 12.0. The fourth-order valence-corrected chi connectivity index (χ4v) is 6.59. The number of ketones is 1. The van der Waals surface area contributed by atoms with Gasteiger partial charge in [-0.25, -0.2) is 0 Å². The molecule has 3 fully saturated rings. The minimum Gasteiger partial charge on any atom is -0.367 e. The van der Waals surface area contributed by atoms with Crippen molar-refractivity contribution in [3.8, 4) is 0 Å². The Kier molecular flexibility index (Phi) is 8.47. The van der Waals surface area contributed by atoms with Crippen LogP contribution in [0.1, 0.15) is 68.8 Å². The summed E-state index contributed by atoms with van der Waals surface area (Å²) in [7, 11) is 0. The van der Waals surface area contributed by atoms with Gasteiger partial charge >= 0.3 is 0 Å². The smallest absolute Gasteiger partial charge is 0.251 e. The Bertz CT molecular complexity index is 953. The normalized spacial score (nSPS) is 26.2. The number of nitrogens with zero attached hydrogens (tertiary/aromatic N) is 2. The number of Topliss-reactive ketones (excluding diaryl/α,β-unsaturated/α-hetero) is 1. The maximum atomic E-state index is 13.7. The third-order valence-corrected chi connectivity index (χ3v) is 8.91. The predicted molar refractivity (Wildman–Crippen MR) is 143 cm³/mol. The first-order valence-corrected chi connectivity index (χ1v) is 14.5. The second-order valence-electron chi connectivity index (χ2n) is 11.5. The van der Waals surface area contributed by atoms with Gasteiger partial charge in [0.15, 0.2) is 5.78 Å². The van der Waals surface area contributed by atoms with Crippen molar-refractivity contribution in [3.63, 3.8) is 0 Å². The molecule has 4 rings (SSSR count). The Labute approximate surface area is 219 Å². The second kappa shape index (κ2) is 11.2. The zero-order valence-corrected chi connectivity index (χ0v) is 23.1. The number of ether oxygens (including phenoxy) is 1. The number of fused-ring (bicyclic) bond motifs is 1. The molecule has 1 N–H and O–H groups in total. The Morgan fingerprint density at radius 3 is 2.42 bits per heavy atom. The number of hydrogen-bond donors (Lipinski definition) is 1. The van der Waals surface area contributed by atoms with Crippen LogP contribution in [0.3, 0.4) is 0 Å². The first-order chi connectivity index (χ1) is 17.1. The highest BCUT2D eigenvalue weighted by molar-refractivity contribution is 7.99. The molecule has 36 heavy (non-hydrogen) atoms. The highest BCUT2D eigenvalue weighted by atomic mass is 32.2. The van der Waals surface area contributed by atoms with Crippen LogP contribution < -0.4 is 5.32 Å². The lowest BCUT2D eigenvalue weighted by molar-refractivity contribution is -0.140. The fourth-order valence-electron chi connectivity index (χ4n) is 5.79. The number of amides is 2. The molecule has 0 bridgehead atoms. The van der Waals surface area contributed by atoms with E-state index in [2.05, 4.69) is 29.3 Å². The average molecular weight is 516 g/mol. The molecule has 1 aromatic rings. The quantitative estimate of drug-likeness (QED) is 0.600. The molecule has 3 heterocycles. The van der Waals surface area contributed by atoms with E-state index in [-0.39, 0.29) is 35.6 Å². The van der Waals surface area contributed by atoms with E-state index >= 15 is 0 Å². The zero-order valence-electron chi connectivity index (χ0n) is 22.3. The van der Waals surface area contributed by atoms with Crippen LogP contribution in [-0.4, -0.2) is 89.9 Å². The lowest BCUT2D eigenvalue weighted by Gasteiger charge is -2.35. The van der Waals surface area contributed by atoms with E-state index < -0.39 is 17.5 Å². The standard InChI is InChI=1S/C28H41N3O4S/c1-6-13-30-14-11-19(12-15-30)18-7-9-20(10-8-18)26(33)29-25(28(2,3)4)27(34)31-16-22(36-5)24-23(31)21(32)17-35-24/h7-10,19,22-25H,6,11-17H2,1-5H3,(H,29,33)/t22-,23+,24+,25?/m0/s1. The summed E-state index contributed by atoms with van der Waals surface area (Å²) in [6, 6.07) is 6.56. The van der Waals surface area contributed by atoms with Crippen LogP contribution in [-0.2, 0) is 14.3 Å². The van der Waals surface area contributed by atoms with Gasteiger partial charge in [-0.2, -0.15) is 11.8 Å². The molecular weight excluding hydrogens is 474 g/mol. The van der Waals surface area contributed by atoms with E-state index in [1.54, 1.807) is 16.7 Å². The summed E-state index contributed by atoms with van der Waals surface area (Å²) in [4.78, 5) is 43.7. The van der Waals surface area contributed by atoms with Crippen LogP contribution in [0.4, 0.5) is 0 Å². The molecule has 198 valence electrons. The molecule has 1 aromatic carbocycles. The van der Waals surface area contributed by atoms with Crippen LogP contribution in [0.25, 0.3) is 0 Å². The van der Waals surface area contributed by atoms with E-state index in [4.69, 9.17) is 4.74 Å². The molecule has 0 radical (unpaired) electrons. The van der Waals surface area contributed by atoms with Crippen molar-refractivity contribution in [2.45, 2.75) is 76.3 Å². The van der Waals surface area contributed by atoms with Crippen molar-refractivity contribution < 1.29 is 19.1 Å². The summed E-state index contributed by atoms with van der Waals surface area (Å²) >= 11 is 1.62. The van der Waals surface area contributed by atoms with Crippen molar-refractivity contribution in [2.75, 3.05) is 39.0 Å². The van der Waals surface area contributed by atoms with Crippen molar-refractivity contribution in [2.24, 2.45) is 5.41 Å². The topological polar surface area (TPSA) is 79.0 Å². The third kappa shape index (κ3) is 5.65. The number of thioether (sulfide) groups is 1. The maximum Gasteiger partial charge on any atom is 0.251 e. The number of carbonyl (C=O) groups excluding carboxylic acids is 3. The summed E-state index contributed by atoms with van der Waals surface area (Å²) < 4.78 is 5.71. The number of piperidine rings is 1. The average Bonchev–Trinajstić information content (AvgIpc) is 3.42. The Balaban J connectivity index is 1.44. The Hall–Kier alpha value is -1.90. The van der Waals surface area contributed by atoms with Gasteiger partial charge in [0, 0.05) is 12.1 Å². The van der Waals surface area contributed by atoms with Gasteiger partial charge in [0.05, 0.1) is 11.4 Å². The van der Waals surface area contributed by atoms with E-state index in [9.17, 15) is 14.4 Å². The van der Waals surface area contributed by atoms with E-state index in [0.717, 1.165) is 32.5 Å². The molecule has 7 nitrogen and oxygen atoms in total. The van der Waals surface area contributed by atoms with Gasteiger partial charge in [-0.3, -0.25) is 14.4 Å². The number of nitrogens with one attached hydrogen (secondary N) is 1. The van der Waals surface area contributed by atoms with Gasteiger partial charge in [0.1, 0.15) is 18.7 Å². The molecule has 0 aromatic heterocycles. The first kappa shape index (κ1) is 27.1. The number of hydrogen-bond acceptors (Lipinski definition) is 6. The van der Waals surface area contributed by atoms with Gasteiger partial charge in [-0.05, 0) is 74.2 Å². The number of benzene rings is 1. The maximum absolute atomic E-state index is 13.7. The van der Waals surface area contributed by atoms with Crippen LogP contribution in [0.5, 0.6) is 0 Å². The van der Waals surface area contributed by atoms with Crippen LogP contribution >= 0.6 is 11.8 Å². The molecular formula is C28H41N3O4S. The minimum atomic E-state index is -0.748. The van der Waals surface area contributed by atoms with Crippen molar-refractivity contribution in [3.05, 3.63) is 35.4 Å². The first-order valence-electron chi connectivity index (χ1n) is 13.2. The Morgan fingerprint density at radius 2 is 1.83 bits per heavy atom. The number of likely N-dealkylation sites (tertiary alicyclic amines) is 2. The van der Waals surface area contributed by atoms with Crippen molar-refractivity contribution >= 4 is 29.4 Å². The van der Waals surface area contributed by atoms with Crippen LogP contribution in [0.2, 0.25) is 0 Å². The lowest BCUT2D eigenvalue weighted by Crippen LogP contribution is -2.57. The molecule has 0 spiro atoms. The monoisotopic (exact) mass is 515 g/mol. The number of rotatable bonds is 7. The van der Waals surface area contributed by atoms with Gasteiger partial charge in [-0.1, -0.05) is 39.8 Å². The fraction of sp³-hybridized carbons (Fsp3) is 0.679. The highest BCUT2D eigenvalue weighted by Crippen LogP contribution is 2.35. The predicted octanol–water partition coefficient (Wildman–Crippen LogP) is 3.33. The van der Waals surface area contributed by atoms with Crippen LogP contribution in [0, 0.1) is 5.41 Å². The summed E-state index contributed by atoms with van der Waals surface area (Å²) in [5.74, 6) is -0.00626. The molecule has 3 saturated heterocycles.